The third kappa shape index (κ3) is 2.17. The Labute approximate surface area is 127 Å². The van der Waals surface area contributed by atoms with Crippen molar-refractivity contribution >= 4 is 11.9 Å². The first kappa shape index (κ1) is 14.3. The molecular weight excluding hydrogens is 283 g/mol. The number of carbonyl (C=O) groups is 1. The van der Waals surface area contributed by atoms with Gasteiger partial charge in [0.15, 0.2) is 5.78 Å². The number of hydrogen-bond acceptors (Lipinski definition) is 3. The third-order valence-electron chi connectivity index (χ3n) is 4.00. The van der Waals surface area contributed by atoms with Crippen LogP contribution in [0.4, 0.5) is 4.39 Å². The minimum atomic E-state index is -0.466. The van der Waals surface area contributed by atoms with E-state index in [4.69, 9.17) is 4.74 Å². The quantitative estimate of drug-likeness (QED) is 0.855. The van der Waals surface area contributed by atoms with Gasteiger partial charge in [-0.25, -0.2) is 4.39 Å². The van der Waals surface area contributed by atoms with Gasteiger partial charge in [-0.3, -0.25) is 4.79 Å². The number of carbonyl (C=O) groups excluding carboxylic acids is 1. The number of fused-ring (bicyclic) bond motifs is 1. The molecule has 0 aliphatic heterocycles. The molecule has 0 saturated carbocycles. The number of phenols is 1. The molecule has 1 aliphatic carbocycles. The minimum Gasteiger partial charge on any atom is -0.507 e. The van der Waals surface area contributed by atoms with E-state index in [0.29, 0.717) is 5.57 Å². The Morgan fingerprint density at radius 2 is 1.86 bits per heavy atom. The maximum absolute atomic E-state index is 14.0. The van der Waals surface area contributed by atoms with E-state index in [1.807, 2.05) is 12.1 Å². The molecule has 1 aliphatic rings. The highest BCUT2D eigenvalue weighted by molar-refractivity contribution is 6.18. The lowest BCUT2D eigenvalue weighted by atomic mass is 9.97. The van der Waals surface area contributed by atoms with Crippen molar-refractivity contribution in [2.75, 3.05) is 7.11 Å². The number of methoxy groups -OCH3 is 1. The number of ketones is 1. The zero-order chi connectivity index (χ0) is 15.9. The number of phenolic OH excluding ortho intramolecular Hbond substituents is 1. The number of hydrogen-bond donors (Lipinski definition) is 1. The standard InChI is InChI=1S/C18H15FO3/c1-10-13(9-11-3-5-12(22-2)6-4-11)18(21)17-15(20)8-7-14(19)16(10)17/h3-10,20H,1-2H3/b13-9-/t10-/m1/s1. The number of rotatable bonds is 2. The van der Waals surface area contributed by atoms with Crippen molar-refractivity contribution in [3.05, 3.63) is 64.5 Å². The first-order valence-electron chi connectivity index (χ1n) is 6.94. The molecule has 2 aromatic carbocycles. The van der Waals surface area contributed by atoms with E-state index >= 15 is 0 Å². The van der Waals surface area contributed by atoms with Gasteiger partial charge in [0, 0.05) is 17.1 Å². The Bertz CT molecular complexity index is 776. The minimum absolute atomic E-state index is 0.0762. The van der Waals surface area contributed by atoms with Crippen LogP contribution in [0.5, 0.6) is 11.5 Å². The van der Waals surface area contributed by atoms with E-state index < -0.39 is 11.7 Å². The van der Waals surface area contributed by atoms with Crippen molar-refractivity contribution in [2.45, 2.75) is 12.8 Å². The molecule has 1 atom stereocenters. The Kier molecular flexibility index (Phi) is 3.45. The molecule has 2 aromatic rings. The van der Waals surface area contributed by atoms with Gasteiger partial charge in [-0.05, 0) is 35.9 Å². The van der Waals surface area contributed by atoms with E-state index in [2.05, 4.69) is 0 Å². The van der Waals surface area contributed by atoms with Gasteiger partial charge in [0.1, 0.15) is 17.3 Å². The number of benzene rings is 2. The number of ether oxygens (including phenoxy) is 1. The lowest BCUT2D eigenvalue weighted by Gasteiger charge is -2.07. The van der Waals surface area contributed by atoms with Crippen molar-refractivity contribution in [3.8, 4) is 11.5 Å². The second-order valence-electron chi connectivity index (χ2n) is 5.28. The van der Waals surface area contributed by atoms with Crippen LogP contribution < -0.4 is 4.74 Å². The summed E-state index contributed by atoms with van der Waals surface area (Å²) < 4.78 is 19.1. The largest absolute Gasteiger partial charge is 0.507 e. The van der Waals surface area contributed by atoms with Crippen molar-refractivity contribution in [2.24, 2.45) is 0 Å². The summed E-state index contributed by atoms with van der Waals surface area (Å²) in [4.78, 5) is 12.5. The fraction of sp³-hybridized carbons (Fsp3) is 0.167. The van der Waals surface area contributed by atoms with Crippen LogP contribution >= 0.6 is 0 Å². The lowest BCUT2D eigenvalue weighted by molar-refractivity contribution is 0.103. The summed E-state index contributed by atoms with van der Waals surface area (Å²) in [6.45, 7) is 1.77. The van der Waals surface area contributed by atoms with Gasteiger partial charge in [0.25, 0.3) is 0 Å². The molecule has 3 rings (SSSR count). The second kappa shape index (κ2) is 5.30. The van der Waals surface area contributed by atoms with E-state index in [1.54, 1.807) is 32.2 Å². The van der Waals surface area contributed by atoms with Crippen LogP contribution in [0.25, 0.3) is 6.08 Å². The number of Topliss-reactive ketones (excluding diaryl/α,β-unsaturated/α-hetero) is 1. The lowest BCUT2D eigenvalue weighted by Crippen LogP contribution is -1.97. The Hall–Kier alpha value is -2.62. The highest BCUT2D eigenvalue weighted by Gasteiger charge is 2.36. The summed E-state index contributed by atoms with van der Waals surface area (Å²) >= 11 is 0. The molecule has 0 saturated heterocycles. The summed E-state index contributed by atoms with van der Waals surface area (Å²) in [5, 5.41) is 9.86. The van der Waals surface area contributed by atoms with Crippen LogP contribution in [-0.4, -0.2) is 18.0 Å². The van der Waals surface area contributed by atoms with Crippen LogP contribution in [0.3, 0.4) is 0 Å². The van der Waals surface area contributed by atoms with E-state index in [1.165, 1.54) is 12.1 Å². The molecule has 0 amide bonds. The summed E-state index contributed by atoms with van der Waals surface area (Å²) in [7, 11) is 1.58. The Balaban J connectivity index is 2.06. The molecule has 1 N–H and O–H groups in total. The summed E-state index contributed by atoms with van der Waals surface area (Å²) in [6.07, 6.45) is 1.73. The number of aromatic hydroxyl groups is 1. The topological polar surface area (TPSA) is 46.5 Å². The average Bonchev–Trinajstić information content (AvgIpc) is 2.77. The van der Waals surface area contributed by atoms with Crippen LogP contribution in [0.2, 0.25) is 0 Å². The Morgan fingerprint density at radius 1 is 1.18 bits per heavy atom. The molecule has 0 heterocycles. The summed E-state index contributed by atoms with van der Waals surface area (Å²) in [5.74, 6) is -0.634. The summed E-state index contributed by atoms with van der Waals surface area (Å²) in [5.41, 5.74) is 1.64. The van der Waals surface area contributed by atoms with Crippen LogP contribution in [0, 0.1) is 5.82 Å². The SMILES string of the molecule is COc1ccc(/C=C2\C(=O)c3c(O)ccc(F)c3[C@@H]2C)cc1. The van der Waals surface area contributed by atoms with Gasteiger partial charge in [-0.2, -0.15) is 0 Å². The van der Waals surface area contributed by atoms with Crippen LogP contribution in [-0.2, 0) is 0 Å². The number of halogens is 1. The van der Waals surface area contributed by atoms with Gasteiger partial charge < -0.3 is 9.84 Å². The van der Waals surface area contributed by atoms with Crippen molar-refractivity contribution in [1.29, 1.82) is 0 Å². The molecular formula is C18H15FO3. The van der Waals surface area contributed by atoms with Gasteiger partial charge in [0.05, 0.1) is 12.7 Å². The maximum atomic E-state index is 14.0. The first-order chi connectivity index (χ1) is 10.5. The average molecular weight is 298 g/mol. The zero-order valence-corrected chi connectivity index (χ0v) is 12.3. The van der Waals surface area contributed by atoms with Gasteiger partial charge in [-0.15, -0.1) is 0 Å². The summed E-state index contributed by atoms with van der Waals surface area (Å²) in [6, 6.07) is 9.64. The molecule has 4 heteroatoms. The molecule has 22 heavy (non-hydrogen) atoms. The highest BCUT2D eigenvalue weighted by Crippen LogP contribution is 2.43. The van der Waals surface area contributed by atoms with E-state index in [0.717, 1.165) is 11.3 Å². The highest BCUT2D eigenvalue weighted by atomic mass is 19.1. The molecule has 3 nitrogen and oxygen atoms in total. The van der Waals surface area contributed by atoms with Crippen LogP contribution in [0.15, 0.2) is 42.0 Å². The molecule has 0 aromatic heterocycles. The smallest absolute Gasteiger partial charge is 0.193 e. The normalized spacial score (nSPS) is 18.6. The molecule has 112 valence electrons. The van der Waals surface area contributed by atoms with Gasteiger partial charge >= 0.3 is 0 Å². The van der Waals surface area contributed by atoms with E-state index in [9.17, 15) is 14.3 Å². The predicted molar refractivity (Wildman–Crippen MR) is 81.8 cm³/mol. The maximum Gasteiger partial charge on any atom is 0.193 e. The molecule has 0 bridgehead atoms. The fourth-order valence-corrected chi connectivity index (χ4v) is 2.81. The van der Waals surface area contributed by atoms with Crippen molar-refractivity contribution in [3.63, 3.8) is 0 Å². The van der Waals surface area contributed by atoms with E-state index in [-0.39, 0.29) is 22.7 Å². The van der Waals surface area contributed by atoms with Crippen LogP contribution in [0.1, 0.15) is 34.3 Å². The van der Waals surface area contributed by atoms with Gasteiger partial charge in [-0.1, -0.05) is 19.1 Å². The molecule has 0 fully saturated rings. The van der Waals surface area contributed by atoms with Crippen molar-refractivity contribution < 1.29 is 19.0 Å². The van der Waals surface area contributed by atoms with Gasteiger partial charge in [0.2, 0.25) is 0 Å². The molecule has 0 spiro atoms. The zero-order valence-electron chi connectivity index (χ0n) is 12.3. The Morgan fingerprint density at radius 3 is 2.45 bits per heavy atom. The monoisotopic (exact) mass is 298 g/mol. The molecule has 0 unspecified atom stereocenters. The first-order valence-corrected chi connectivity index (χ1v) is 6.94. The number of allylic oxidation sites excluding steroid dienone is 1. The molecule has 0 radical (unpaired) electrons. The fourth-order valence-electron chi connectivity index (χ4n) is 2.81. The van der Waals surface area contributed by atoms with Crippen molar-refractivity contribution in [1.82, 2.24) is 0 Å². The second-order valence-corrected chi connectivity index (χ2v) is 5.28. The third-order valence-corrected chi connectivity index (χ3v) is 4.00. The predicted octanol–water partition coefficient (Wildman–Crippen LogP) is 3.92.